The van der Waals surface area contributed by atoms with Gasteiger partial charge in [-0.2, -0.15) is 0 Å². The Morgan fingerprint density at radius 3 is 2.33 bits per heavy atom. The second kappa shape index (κ2) is 15.8. The van der Waals surface area contributed by atoms with Crippen molar-refractivity contribution in [1.82, 2.24) is 4.57 Å². The van der Waals surface area contributed by atoms with Crippen LogP contribution in [0.15, 0.2) is 89.9 Å². The molecule has 4 rings (SSSR count). The molecule has 0 aliphatic carbocycles. The van der Waals surface area contributed by atoms with Crippen molar-refractivity contribution in [3.8, 4) is 16.9 Å². The van der Waals surface area contributed by atoms with E-state index in [2.05, 4.69) is 10.1 Å². The zero-order valence-electron chi connectivity index (χ0n) is 25.4. The predicted octanol–water partition coefficient (Wildman–Crippen LogP) is 5.94. The summed E-state index contributed by atoms with van der Waals surface area (Å²) in [4.78, 5) is 51.1. The second-order valence-electron chi connectivity index (χ2n) is 10.0. The fourth-order valence-corrected chi connectivity index (χ4v) is 4.88. The number of rotatable bonds is 13. The fourth-order valence-electron chi connectivity index (χ4n) is 4.71. The molecule has 1 amide bonds. The van der Waals surface area contributed by atoms with E-state index >= 15 is 0 Å². The quantitative estimate of drug-likeness (QED) is 0.102. The number of aliphatic hydroxyl groups excluding tert-OH is 1. The summed E-state index contributed by atoms with van der Waals surface area (Å²) < 4.78 is 21.3. The van der Waals surface area contributed by atoms with Crippen LogP contribution in [0.4, 0.5) is 10.5 Å². The first-order chi connectivity index (χ1) is 22.1. The molecule has 4 aromatic rings. The number of hydrogen-bond donors (Lipinski definition) is 2. The molecule has 3 aromatic carbocycles. The Labute approximate surface area is 270 Å². The number of ketones is 1. The number of amides is 1. The minimum atomic E-state index is -1.41. The molecule has 1 heterocycles. The standard InChI is InChI=1S/C34H33ClN2O9/c1-4-44-34(42)46-20-45-33(41)23-10-13-25(14-11-23)36-32(40)29(16-22-8-6-5-7-9-22)37-19-30(43-3)28(18-31(37)39)27-17-24(35)12-15-26(27)21(2)38/h5-15,17-19,29,33,41H,4,16,20H2,1-3H3,(H,36,40)/t29-,33?/m1/s1. The molecule has 11 nitrogen and oxygen atoms in total. The van der Waals surface area contributed by atoms with Crippen LogP contribution in [0.3, 0.4) is 0 Å². The van der Waals surface area contributed by atoms with Crippen LogP contribution in [-0.2, 0) is 25.4 Å². The Hall–Kier alpha value is -4.97. The van der Waals surface area contributed by atoms with Gasteiger partial charge in [-0.3, -0.25) is 19.0 Å². The summed E-state index contributed by atoms with van der Waals surface area (Å²) in [6.07, 6.45) is -0.701. The number of pyridine rings is 1. The second-order valence-corrected chi connectivity index (χ2v) is 10.5. The number of nitrogens with zero attached hydrogens (tertiary/aromatic N) is 1. The van der Waals surface area contributed by atoms with Crippen LogP contribution in [0.2, 0.25) is 5.02 Å². The summed E-state index contributed by atoms with van der Waals surface area (Å²) in [7, 11) is 1.43. The Kier molecular flexibility index (Phi) is 11.7. The molecule has 0 aliphatic rings. The lowest BCUT2D eigenvalue weighted by Crippen LogP contribution is -2.34. The van der Waals surface area contributed by atoms with Gasteiger partial charge in [-0.15, -0.1) is 0 Å². The van der Waals surface area contributed by atoms with E-state index in [4.69, 9.17) is 25.8 Å². The van der Waals surface area contributed by atoms with Crippen molar-refractivity contribution in [1.29, 1.82) is 0 Å². The molecule has 12 heteroatoms. The third-order valence-electron chi connectivity index (χ3n) is 6.95. The van der Waals surface area contributed by atoms with E-state index in [-0.39, 0.29) is 24.6 Å². The van der Waals surface area contributed by atoms with Crippen LogP contribution in [-0.4, -0.2) is 48.0 Å². The van der Waals surface area contributed by atoms with E-state index in [0.29, 0.717) is 33.0 Å². The van der Waals surface area contributed by atoms with Crippen molar-refractivity contribution in [3.05, 3.63) is 117 Å². The zero-order chi connectivity index (χ0) is 33.2. The highest BCUT2D eigenvalue weighted by Gasteiger charge is 2.25. The number of benzene rings is 3. The Morgan fingerprint density at radius 1 is 0.957 bits per heavy atom. The molecule has 1 unspecified atom stereocenters. The summed E-state index contributed by atoms with van der Waals surface area (Å²) in [5.74, 6) is -0.435. The number of carbonyl (C=O) groups is 3. The first-order valence-corrected chi connectivity index (χ1v) is 14.6. The van der Waals surface area contributed by atoms with Crippen LogP contribution < -0.4 is 15.6 Å². The minimum Gasteiger partial charge on any atom is -0.495 e. The number of ether oxygens (including phenoxy) is 4. The van der Waals surface area contributed by atoms with Crippen molar-refractivity contribution >= 4 is 35.1 Å². The highest BCUT2D eigenvalue weighted by Crippen LogP contribution is 2.34. The Morgan fingerprint density at radius 2 is 1.67 bits per heavy atom. The summed E-state index contributed by atoms with van der Waals surface area (Å²) in [6.45, 7) is 2.66. The number of nitrogens with one attached hydrogen (secondary N) is 1. The number of carbonyl (C=O) groups excluding carboxylic acids is 3. The monoisotopic (exact) mass is 648 g/mol. The lowest BCUT2D eigenvalue weighted by Gasteiger charge is -2.22. The molecule has 2 atom stereocenters. The first-order valence-electron chi connectivity index (χ1n) is 14.3. The van der Waals surface area contributed by atoms with Gasteiger partial charge in [0.15, 0.2) is 18.9 Å². The van der Waals surface area contributed by atoms with Crippen molar-refractivity contribution in [2.45, 2.75) is 32.6 Å². The lowest BCUT2D eigenvalue weighted by atomic mass is 9.97. The highest BCUT2D eigenvalue weighted by atomic mass is 35.5. The topological polar surface area (TPSA) is 142 Å². The maximum atomic E-state index is 13.8. The lowest BCUT2D eigenvalue weighted by molar-refractivity contribution is -0.161. The van der Waals surface area contributed by atoms with Crippen LogP contribution in [0.25, 0.3) is 11.1 Å². The van der Waals surface area contributed by atoms with Gasteiger partial charge in [0.2, 0.25) is 5.91 Å². The van der Waals surface area contributed by atoms with Crippen molar-refractivity contribution in [2.24, 2.45) is 0 Å². The first kappa shape index (κ1) is 33.9. The van der Waals surface area contributed by atoms with Crippen molar-refractivity contribution in [3.63, 3.8) is 0 Å². The van der Waals surface area contributed by atoms with Crippen LogP contribution in [0, 0.1) is 0 Å². The number of aliphatic hydroxyl groups is 1. The molecule has 240 valence electrons. The average molecular weight is 649 g/mol. The molecule has 0 aliphatic heterocycles. The van der Waals surface area contributed by atoms with Gasteiger partial charge in [-0.25, -0.2) is 4.79 Å². The van der Waals surface area contributed by atoms with Gasteiger partial charge >= 0.3 is 6.16 Å². The molecule has 0 radical (unpaired) electrons. The molecular weight excluding hydrogens is 616 g/mol. The van der Waals surface area contributed by atoms with Gasteiger partial charge in [0.25, 0.3) is 5.56 Å². The number of methoxy groups -OCH3 is 1. The molecule has 0 fully saturated rings. The minimum absolute atomic E-state index is 0.138. The maximum absolute atomic E-state index is 13.8. The molecule has 0 spiro atoms. The van der Waals surface area contributed by atoms with E-state index in [1.165, 1.54) is 43.0 Å². The van der Waals surface area contributed by atoms with Gasteiger partial charge in [0, 0.05) is 39.9 Å². The molecule has 46 heavy (non-hydrogen) atoms. The van der Waals surface area contributed by atoms with E-state index in [1.54, 1.807) is 37.3 Å². The Balaban J connectivity index is 1.62. The number of anilines is 1. The van der Waals surface area contributed by atoms with Gasteiger partial charge in [0.1, 0.15) is 11.8 Å². The molecule has 2 N–H and O–H groups in total. The smallest absolute Gasteiger partial charge is 0.495 e. The van der Waals surface area contributed by atoms with Gasteiger partial charge < -0.3 is 29.4 Å². The molecule has 0 saturated heterocycles. The molecule has 0 bridgehead atoms. The fraction of sp³-hybridized carbons (Fsp3) is 0.235. The van der Waals surface area contributed by atoms with Crippen molar-refractivity contribution in [2.75, 3.05) is 25.8 Å². The van der Waals surface area contributed by atoms with E-state index in [1.807, 2.05) is 30.3 Å². The third-order valence-corrected chi connectivity index (χ3v) is 7.19. The summed E-state index contributed by atoms with van der Waals surface area (Å²) in [5.41, 5.74) is 2.21. The number of Topliss-reactive ketones (excluding diaryl/α,β-unsaturated/α-hetero) is 1. The summed E-state index contributed by atoms with van der Waals surface area (Å²) in [6, 6.07) is 20.5. The normalized spacial score (nSPS) is 12.1. The number of aromatic nitrogens is 1. The Bertz CT molecular complexity index is 1740. The largest absolute Gasteiger partial charge is 0.510 e. The summed E-state index contributed by atoms with van der Waals surface area (Å²) in [5, 5.41) is 13.5. The predicted molar refractivity (Wildman–Crippen MR) is 171 cm³/mol. The van der Waals surface area contributed by atoms with Crippen molar-refractivity contribution < 1.29 is 38.4 Å². The highest BCUT2D eigenvalue weighted by molar-refractivity contribution is 6.31. The molecular formula is C34H33ClN2O9. The van der Waals surface area contributed by atoms with Gasteiger partial charge in [-0.1, -0.05) is 54.1 Å². The van der Waals surface area contributed by atoms with E-state index < -0.39 is 36.7 Å². The number of hydrogen-bond acceptors (Lipinski definition) is 9. The summed E-state index contributed by atoms with van der Waals surface area (Å²) >= 11 is 6.24. The van der Waals surface area contributed by atoms with Crippen LogP contribution >= 0.6 is 11.6 Å². The van der Waals surface area contributed by atoms with E-state index in [0.717, 1.165) is 5.56 Å². The maximum Gasteiger partial charge on any atom is 0.510 e. The molecule has 0 saturated carbocycles. The van der Waals surface area contributed by atoms with E-state index in [9.17, 15) is 24.3 Å². The van der Waals surface area contributed by atoms with Crippen LogP contribution in [0.5, 0.6) is 5.75 Å². The SMILES string of the molecule is CCOC(=O)OCOC(O)c1ccc(NC(=O)[C@@H](Cc2ccccc2)n2cc(OC)c(-c3cc(Cl)ccc3C(C)=O)cc2=O)cc1. The number of halogens is 1. The average Bonchev–Trinajstić information content (AvgIpc) is 3.04. The van der Waals surface area contributed by atoms with Gasteiger partial charge in [0.05, 0.1) is 19.9 Å². The van der Waals surface area contributed by atoms with Gasteiger partial charge in [-0.05, 0) is 55.3 Å². The molecule has 1 aromatic heterocycles. The van der Waals surface area contributed by atoms with Crippen LogP contribution in [0.1, 0.15) is 47.7 Å². The zero-order valence-corrected chi connectivity index (χ0v) is 26.2. The third kappa shape index (κ3) is 8.60.